The molecule has 5 nitrogen and oxygen atoms in total. The van der Waals surface area contributed by atoms with Crippen molar-refractivity contribution in [3.63, 3.8) is 0 Å². The number of hydrogen-bond acceptors (Lipinski definition) is 5. The van der Waals surface area contributed by atoms with Crippen LogP contribution in [0.5, 0.6) is 0 Å². The minimum atomic E-state index is -1.94. The van der Waals surface area contributed by atoms with Gasteiger partial charge in [-0.1, -0.05) is 54.6 Å². The molecule has 0 heterocycles. The molecular formula is C20H18O5. The van der Waals surface area contributed by atoms with Crippen molar-refractivity contribution >= 4 is 17.5 Å². The van der Waals surface area contributed by atoms with Gasteiger partial charge in [-0.15, -0.1) is 0 Å². The molecule has 2 aromatic carbocycles. The average molecular weight is 338 g/mol. The highest BCUT2D eigenvalue weighted by Crippen LogP contribution is 2.49. The third kappa shape index (κ3) is 2.66. The molecule has 2 atom stereocenters. The van der Waals surface area contributed by atoms with E-state index in [1.165, 1.54) is 0 Å². The Bertz CT molecular complexity index is 827. The number of ether oxygens (including phenoxy) is 1. The van der Waals surface area contributed by atoms with Gasteiger partial charge in [0.15, 0.2) is 17.0 Å². The van der Waals surface area contributed by atoms with Gasteiger partial charge in [-0.3, -0.25) is 14.4 Å². The van der Waals surface area contributed by atoms with Crippen LogP contribution in [0.3, 0.4) is 0 Å². The summed E-state index contributed by atoms with van der Waals surface area (Å²) in [5, 5.41) is 10.8. The Morgan fingerprint density at radius 3 is 2.36 bits per heavy atom. The molecule has 5 heteroatoms. The van der Waals surface area contributed by atoms with Gasteiger partial charge < -0.3 is 9.84 Å². The predicted octanol–water partition coefficient (Wildman–Crippen LogP) is 2.74. The van der Waals surface area contributed by atoms with Crippen LogP contribution in [0.4, 0.5) is 0 Å². The Hall–Kier alpha value is -2.79. The molecule has 0 bridgehead atoms. The fourth-order valence-electron chi connectivity index (χ4n) is 3.26. The molecule has 0 radical (unpaired) electrons. The highest BCUT2D eigenvalue weighted by molar-refractivity contribution is 6.19. The number of benzene rings is 2. The summed E-state index contributed by atoms with van der Waals surface area (Å²) in [6.45, 7) is 1.67. The van der Waals surface area contributed by atoms with Gasteiger partial charge in [0.05, 0.1) is 6.61 Å². The Labute approximate surface area is 145 Å². The monoisotopic (exact) mass is 338 g/mol. The van der Waals surface area contributed by atoms with Gasteiger partial charge >= 0.3 is 5.97 Å². The Morgan fingerprint density at radius 2 is 1.72 bits per heavy atom. The largest absolute Gasteiger partial charge is 0.465 e. The van der Waals surface area contributed by atoms with Crippen molar-refractivity contribution in [3.8, 4) is 0 Å². The van der Waals surface area contributed by atoms with Crippen LogP contribution in [0.1, 0.15) is 45.7 Å². The van der Waals surface area contributed by atoms with Gasteiger partial charge in [-0.05, 0) is 12.5 Å². The van der Waals surface area contributed by atoms with Gasteiger partial charge in [0.25, 0.3) is 0 Å². The lowest BCUT2D eigenvalue weighted by Gasteiger charge is -2.28. The average Bonchev–Trinajstić information content (AvgIpc) is 2.86. The van der Waals surface area contributed by atoms with Crippen LogP contribution in [-0.4, -0.2) is 29.2 Å². The third-order valence-electron chi connectivity index (χ3n) is 4.55. The minimum absolute atomic E-state index is 0.0520. The summed E-state index contributed by atoms with van der Waals surface area (Å²) in [5.41, 5.74) is -0.959. The number of aliphatic hydroxyl groups is 1. The van der Waals surface area contributed by atoms with E-state index in [1.54, 1.807) is 61.5 Å². The molecule has 128 valence electrons. The first-order chi connectivity index (χ1) is 12.0. The molecule has 0 saturated carbocycles. The second-order valence-corrected chi connectivity index (χ2v) is 5.98. The number of carbonyl (C=O) groups is 3. The van der Waals surface area contributed by atoms with Crippen LogP contribution in [0.15, 0.2) is 54.6 Å². The summed E-state index contributed by atoms with van der Waals surface area (Å²) in [6, 6.07) is 14.9. The molecule has 1 N–H and O–H groups in total. The van der Waals surface area contributed by atoms with Crippen molar-refractivity contribution in [1.29, 1.82) is 0 Å². The maximum Gasteiger partial charge on any atom is 0.323 e. The van der Waals surface area contributed by atoms with Crippen molar-refractivity contribution < 1.29 is 24.2 Å². The number of esters is 1. The summed E-state index contributed by atoms with van der Waals surface area (Å²) in [4.78, 5) is 38.4. The Morgan fingerprint density at radius 1 is 1.08 bits per heavy atom. The van der Waals surface area contributed by atoms with Crippen molar-refractivity contribution in [2.75, 3.05) is 6.61 Å². The molecule has 0 saturated heterocycles. The first-order valence-corrected chi connectivity index (χ1v) is 8.09. The molecule has 0 aromatic heterocycles. The second-order valence-electron chi connectivity index (χ2n) is 5.98. The third-order valence-corrected chi connectivity index (χ3v) is 4.55. The lowest BCUT2D eigenvalue weighted by Crippen LogP contribution is -2.43. The normalized spacial score (nSPS) is 21.7. The van der Waals surface area contributed by atoms with E-state index in [9.17, 15) is 19.5 Å². The van der Waals surface area contributed by atoms with E-state index < -0.39 is 35.5 Å². The highest BCUT2D eigenvalue weighted by Gasteiger charge is 2.60. The van der Waals surface area contributed by atoms with Gasteiger partial charge in [-0.25, -0.2) is 0 Å². The molecule has 2 aromatic rings. The van der Waals surface area contributed by atoms with Crippen LogP contribution >= 0.6 is 0 Å². The van der Waals surface area contributed by atoms with E-state index in [4.69, 9.17) is 4.74 Å². The van der Waals surface area contributed by atoms with E-state index in [-0.39, 0.29) is 12.2 Å². The van der Waals surface area contributed by atoms with Crippen LogP contribution in [-0.2, 0) is 9.53 Å². The smallest absolute Gasteiger partial charge is 0.323 e. The molecule has 3 rings (SSSR count). The maximum atomic E-state index is 13.0. The topological polar surface area (TPSA) is 80.7 Å². The number of aliphatic hydroxyl groups excluding tert-OH is 1. The quantitative estimate of drug-likeness (QED) is 0.515. The van der Waals surface area contributed by atoms with Crippen LogP contribution < -0.4 is 0 Å². The Balaban J connectivity index is 2.06. The van der Waals surface area contributed by atoms with Crippen molar-refractivity contribution in [2.45, 2.75) is 19.4 Å². The molecule has 1 aliphatic carbocycles. The van der Waals surface area contributed by atoms with Gasteiger partial charge in [-0.2, -0.15) is 0 Å². The fraction of sp³-hybridized carbons (Fsp3) is 0.250. The predicted molar refractivity (Wildman–Crippen MR) is 90.2 cm³/mol. The lowest BCUT2D eigenvalue weighted by atomic mass is 9.76. The molecule has 0 spiro atoms. The van der Waals surface area contributed by atoms with E-state index in [0.29, 0.717) is 11.1 Å². The first-order valence-electron chi connectivity index (χ1n) is 8.09. The standard InChI is InChI=1S/C20H18O5/c1-2-25-19(24)20(12-16(21)13-8-4-3-5-9-13)17(22)14-10-6-7-11-15(14)18(20)23/h3-11,17,22H,2,12H2,1H3/t17-,20-/m0/s1. The molecule has 25 heavy (non-hydrogen) atoms. The number of hydrogen-bond donors (Lipinski definition) is 1. The molecule has 0 fully saturated rings. The van der Waals surface area contributed by atoms with Gasteiger partial charge in [0.1, 0.15) is 6.10 Å². The van der Waals surface area contributed by atoms with Gasteiger partial charge in [0.2, 0.25) is 0 Å². The SMILES string of the molecule is CCOC(=O)[C@]1(CC(=O)c2ccccc2)C(=O)c2ccccc2[C@@H]1O. The summed E-state index contributed by atoms with van der Waals surface area (Å²) in [6.07, 6.45) is -1.85. The van der Waals surface area contributed by atoms with E-state index in [2.05, 4.69) is 0 Å². The molecular weight excluding hydrogens is 320 g/mol. The van der Waals surface area contributed by atoms with Crippen molar-refractivity contribution in [1.82, 2.24) is 0 Å². The second kappa shape index (κ2) is 6.61. The number of Topliss-reactive ketones (excluding diaryl/α,β-unsaturated/α-hetero) is 2. The fourth-order valence-corrected chi connectivity index (χ4v) is 3.26. The van der Waals surface area contributed by atoms with Crippen molar-refractivity contribution in [2.24, 2.45) is 5.41 Å². The number of ketones is 2. The van der Waals surface area contributed by atoms with Crippen molar-refractivity contribution in [3.05, 3.63) is 71.3 Å². The zero-order chi connectivity index (χ0) is 18.0. The first kappa shape index (κ1) is 17.0. The summed E-state index contributed by atoms with van der Waals surface area (Å²) < 4.78 is 5.07. The number of rotatable bonds is 5. The van der Waals surface area contributed by atoms with Gasteiger partial charge in [0, 0.05) is 17.5 Å². The van der Waals surface area contributed by atoms with E-state index in [0.717, 1.165) is 0 Å². The highest BCUT2D eigenvalue weighted by atomic mass is 16.5. The van der Waals surface area contributed by atoms with E-state index >= 15 is 0 Å². The van der Waals surface area contributed by atoms with E-state index in [1.807, 2.05) is 0 Å². The number of carbonyl (C=O) groups excluding carboxylic acids is 3. The van der Waals surface area contributed by atoms with Crippen LogP contribution in [0.25, 0.3) is 0 Å². The molecule has 0 aliphatic heterocycles. The number of fused-ring (bicyclic) bond motifs is 1. The molecule has 1 aliphatic rings. The summed E-state index contributed by atoms with van der Waals surface area (Å²) in [5.74, 6) is -1.83. The molecule has 0 unspecified atom stereocenters. The van der Waals surface area contributed by atoms with Crippen LogP contribution in [0.2, 0.25) is 0 Å². The zero-order valence-electron chi connectivity index (χ0n) is 13.8. The minimum Gasteiger partial charge on any atom is -0.465 e. The zero-order valence-corrected chi connectivity index (χ0v) is 13.8. The maximum absolute atomic E-state index is 13.0. The Kier molecular flexibility index (Phi) is 4.51. The molecule has 0 amide bonds. The lowest BCUT2D eigenvalue weighted by molar-refractivity contribution is -0.157. The summed E-state index contributed by atoms with van der Waals surface area (Å²) in [7, 11) is 0. The summed E-state index contributed by atoms with van der Waals surface area (Å²) >= 11 is 0. The van der Waals surface area contributed by atoms with Crippen LogP contribution in [0, 0.1) is 5.41 Å².